The Hall–Kier alpha value is -1.13. The summed E-state index contributed by atoms with van der Waals surface area (Å²) in [5.41, 5.74) is 0.496. The van der Waals surface area contributed by atoms with Crippen LogP contribution in [-0.2, 0) is 0 Å². The van der Waals surface area contributed by atoms with E-state index < -0.39 is 0 Å². The minimum Gasteiger partial charge on any atom is -0.344 e. The first-order valence-corrected chi connectivity index (χ1v) is 9.21. The molecule has 0 aliphatic carbocycles. The molecule has 1 spiro atoms. The summed E-state index contributed by atoms with van der Waals surface area (Å²) in [6.07, 6.45) is 0. The molecule has 0 saturated carbocycles. The predicted octanol–water partition coefficient (Wildman–Crippen LogP) is 3.61. The third kappa shape index (κ3) is 2.24. The molecule has 2 saturated heterocycles. The molecule has 0 bridgehead atoms. The monoisotopic (exact) mass is 316 g/mol. The molecular formula is C18H26N3S+. The number of rotatable bonds is 1. The minimum absolute atomic E-state index is 0.496. The molecule has 1 aromatic heterocycles. The van der Waals surface area contributed by atoms with Gasteiger partial charge in [0, 0.05) is 16.7 Å². The maximum Gasteiger partial charge on any atom is 0.150 e. The molecule has 22 heavy (non-hydrogen) atoms. The summed E-state index contributed by atoms with van der Waals surface area (Å²) in [7, 11) is 0. The summed E-state index contributed by atoms with van der Waals surface area (Å²) in [4.78, 5) is 2.51. The quantitative estimate of drug-likeness (QED) is 0.747. The fraction of sp³-hybridized carbons (Fsp3) is 0.611. The van der Waals surface area contributed by atoms with Crippen molar-refractivity contribution in [3.05, 3.63) is 24.3 Å². The van der Waals surface area contributed by atoms with E-state index in [1.807, 2.05) is 0 Å². The Labute approximate surface area is 137 Å². The van der Waals surface area contributed by atoms with Gasteiger partial charge in [-0.1, -0.05) is 32.9 Å². The van der Waals surface area contributed by atoms with E-state index in [1.54, 1.807) is 11.5 Å². The third-order valence-electron chi connectivity index (χ3n) is 6.08. The van der Waals surface area contributed by atoms with Crippen LogP contribution in [0, 0.1) is 11.3 Å². The Bertz CT molecular complexity index is 682. The molecule has 3 heterocycles. The lowest BCUT2D eigenvalue weighted by Crippen LogP contribution is -2.59. The van der Waals surface area contributed by atoms with Crippen LogP contribution in [0.4, 0.5) is 5.82 Å². The molecular weight excluding hydrogens is 290 g/mol. The molecule has 0 amide bonds. The van der Waals surface area contributed by atoms with Crippen LogP contribution in [0.3, 0.4) is 0 Å². The summed E-state index contributed by atoms with van der Waals surface area (Å²) in [5.74, 6) is 2.05. The molecule has 2 aliphatic rings. The number of piperazine rings is 1. The van der Waals surface area contributed by atoms with Crippen LogP contribution >= 0.6 is 11.5 Å². The van der Waals surface area contributed by atoms with E-state index in [0.29, 0.717) is 5.41 Å². The normalized spacial score (nSPS) is 26.9. The highest BCUT2D eigenvalue weighted by Crippen LogP contribution is 2.41. The zero-order valence-corrected chi connectivity index (χ0v) is 14.7. The van der Waals surface area contributed by atoms with Crippen molar-refractivity contribution in [1.29, 1.82) is 0 Å². The van der Waals surface area contributed by atoms with Crippen molar-refractivity contribution >= 4 is 27.4 Å². The molecule has 118 valence electrons. The Kier molecular flexibility index (Phi) is 3.24. The fourth-order valence-electron chi connectivity index (χ4n) is 4.46. The van der Waals surface area contributed by atoms with Gasteiger partial charge in [-0.3, -0.25) is 0 Å². The van der Waals surface area contributed by atoms with Gasteiger partial charge in [-0.05, 0) is 23.7 Å². The second-order valence-corrected chi connectivity index (χ2v) is 8.81. The molecule has 2 aromatic rings. The highest BCUT2D eigenvalue weighted by atomic mass is 32.1. The van der Waals surface area contributed by atoms with Gasteiger partial charge in [0.2, 0.25) is 0 Å². The van der Waals surface area contributed by atoms with E-state index in [1.165, 1.54) is 46.6 Å². The van der Waals surface area contributed by atoms with E-state index in [0.717, 1.165) is 19.0 Å². The summed E-state index contributed by atoms with van der Waals surface area (Å²) in [6, 6.07) is 8.63. The third-order valence-corrected chi connectivity index (χ3v) is 6.90. The Morgan fingerprint density at radius 3 is 2.64 bits per heavy atom. The van der Waals surface area contributed by atoms with E-state index in [-0.39, 0.29) is 0 Å². The van der Waals surface area contributed by atoms with Gasteiger partial charge in [-0.15, -0.1) is 0 Å². The van der Waals surface area contributed by atoms with Crippen molar-refractivity contribution < 1.29 is 4.48 Å². The maximum atomic E-state index is 4.74. The molecule has 2 aliphatic heterocycles. The first-order valence-electron chi connectivity index (χ1n) is 8.44. The second kappa shape index (κ2) is 4.93. The molecule has 4 heteroatoms. The van der Waals surface area contributed by atoms with Crippen molar-refractivity contribution in [2.24, 2.45) is 11.3 Å². The van der Waals surface area contributed by atoms with Crippen LogP contribution in [0.25, 0.3) is 10.1 Å². The molecule has 1 aromatic carbocycles. The highest BCUT2D eigenvalue weighted by molar-refractivity contribution is 7.13. The lowest BCUT2D eigenvalue weighted by Gasteiger charge is -2.43. The first kappa shape index (κ1) is 14.5. The zero-order chi connectivity index (χ0) is 15.4. The topological polar surface area (TPSA) is 16.1 Å². The van der Waals surface area contributed by atoms with E-state index >= 15 is 0 Å². The van der Waals surface area contributed by atoms with Gasteiger partial charge in [0.15, 0.2) is 5.82 Å². The van der Waals surface area contributed by atoms with Crippen LogP contribution in [0.15, 0.2) is 24.3 Å². The molecule has 0 radical (unpaired) electrons. The van der Waals surface area contributed by atoms with Gasteiger partial charge in [0.05, 0.1) is 44.0 Å². The number of hydrogen-bond donors (Lipinski definition) is 0. The lowest BCUT2D eigenvalue weighted by molar-refractivity contribution is -0.920. The zero-order valence-electron chi connectivity index (χ0n) is 13.9. The molecule has 1 unspecified atom stereocenters. The Morgan fingerprint density at radius 1 is 1.23 bits per heavy atom. The maximum absolute atomic E-state index is 4.74. The van der Waals surface area contributed by atoms with Gasteiger partial charge in [0.1, 0.15) is 0 Å². The number of benzene rings is 1. The standard InChI is InChI=1S/C18H26N3S/c1-14-12-21(13-18(14,2)3)10-8-20(9-11-21)17-15-6-4-5-7-16(15)22-19-17/h4-7,14H,8-13H2,1-3H3/q+1. The Balaban J connectivity index is 1.53. The van der Waals surface area contributed by atoms with Gasteiger partial charge in [-0.25, -0.2) is 0 Å². The van der Waals surface area contributed by atoms with Crippen LogP contribution in [0.1, 0.15) is 20.8 Å². The average molecular weight is 316 g/mol. The number of nitrogens with zero attached hydrogens (tertiary/aromatic N) is 3. The molecule has 1 atom stereocenters. The van der Waals surface area contributed by atoms with Crippen molar-refractivity contribution in [2.45, 2.75) is 20.8 Å². The first-order chi connectivity index (χ1) is 10.5. The van der Waals surface area contributed by atoms with Crippen LogP contribution in [-0.4, -0.2) is 48.1 Å². The molecule has 0 N–H and O–H groups in total. The summed E-state index contributed by atoms with van der Waals surface area (Å²) >= 11 is 1.63. The van der Waals surface area contributed by atoms with Crippen molar-refractivity contribution in [3.8, 4) is 0 Å². The van der Waals surface area contributed by atoms with Crippen LogP contribution in [0.2, 0.25) is 0 Å². The lowest BCUT2D eigenvalue weighted by atomic mass is 9.83. The molecule has 2 fully saturated rings. The van der Waals surface area contributed by atoms with Gasteiger partial charge < -0.3 is 9.38 Å². The smallest absolute Gasteiger partial charge is 0.150 e. The van der Waals surface area contributed by atoms with Gasteiger partial charge in [-0.2, -0.15) is 4.37 Å². The number of hydrogen-bond acceptors (Lipinski definition) is 3. The van der Waals surface area contributed by atoms with Crippen molar-refractivity contribution in [3.63, 3.8) is 0 Å². The summed E-state index contributed by atoms with van der Waals surface area (Å²) in [6.45, 7) is 14.9. The van der Waals surface area contributed by atoms with E-state index in [2.05, 4.69) is 49.9 Å². The minimum atomic E-state index is 0.496. The van der Waals surface area contributed by atoms with Crippen molar-refractivity contribution in [1.82, 2.24) is 4.37 Å². The second-order valence-electron chi connectivity index (χ2n) is 8.01. The fourth-order valence-corrected chi connectivity index (χ4v) is 5.25. The average Bonchev–Trinajstić information content (AvgIpc) is 3.00. The largest absolute Gasteiger partial charge is 0.344 e. The van der Waals surface area contributed by atoms with E-state index in [4.69, 9.17) is 4.37 Å². The van der Waals surface area contributed by atoms with Gasteiger partial charge in [0.25, 0.3) is 0 Å². The molecule has 3 nitrogen and oxygen atoms in total. The number of quaternary nitrogens is 1. The number of aromatic nitrogens is 1. The SMILES string of the molecule is CC1C[N+]2(CCN(c3nsc4ccccc34)CC2)CC1(C)C. The number of fused-ring (bicyclic) bond motifs is 1. The van der Waals surface area contributed by atoms with Gasteiger partial charge >= 0.3 is 0 Å². The van der Waals surface area contributed by atoms with Crippen molar-refractivity contribution in [2.75, 3.05) is 44.2 Å². The molecule has 4 rings (SSSR count). The Morgan fingerprint density at radius 2 is 1.95 bits per heavy atom. The van der Waals surface area contributed by atoms with Crippen LogP contribution in [0.5, 0.6) is 0 Å². The van der Waals surface area contributed by atoms with E-state index in [9.17, 15) is 0 Å². The predicted molar refractivity (Wildman–Crippen MR) is 94.5 cm³/mol. The number of anilines is 1. The summed E-state index contributed by atoms with van der Waals surface area (Å²) < 4.78 is 7.37. The summed E-state index contributed by atoms with van der Waals surface area (Å²) in [5, 5.41) is 1.33. The van der Waals surface area contributed by atoms with Crippen LogP contribution < -0.4 is 4.90 Å². The highest BCUT2D eigenvalue weighted by Gasteiger charge is 2.49.